The maximum Gasteiger partial charge on any atom is 0.269 e. The second-order valence-electron chi connectivity index (χ2n) is 6.17. The van der Waals surface area contributed by atoms with Crippen molar-refractivity contribution < 1.29 is 9.66 Å². The van der Waals surface area contributed by atoms with Crippen molar-refractivity contribution in [2.75, 3.05) is 6.61 Å². The van der Waals surface area contributed by atoms with Gasteiger partial charge in [-0.25, -0.2) is 0 Å². The predicted molar refractivity (Wildman–Crippen MR) is 103 cm³/mol. The number of nitrogens with zero attached hydrogens (tertiary/aromatic N) is 3. The molecule has 0 radical (unpaired) electrons. The van der Waals surface area contributed by atoms with E-state index in [0.29, 0.717) is 5.69 Å². The Morgan fingerprint density at radius 3 is 2.54 bits per heavy atom. The molecule has 0 unspecified atom stereocenters. The van der Waals surface area contributed by atoms with Crippen LogP contribution in [0.2, 0.25) is 0 Å². The lowest BCUT2D eigenvalue weighted by Gasteiger charge is -2.11. The molecule has 0 atom stereocenters. The number of unbranched alkanes of at least 4 members (excludes halogenated alkanes) is 1. The van der Waals surface area contributed by atoms with Gasteiger partial charge in [-0.05, 0) is 55.2 Å². The fourth-order valence-corrected chi connectivity index (χ4v) is 2.54. The molecule has 0 N–H and O–H groups in total. The number of ether oxygens (including phenoxy) is 1. The summed E-state index contributed by atoms with van der Waals surface area (Å²) < 4.78 is 5.87. The van der Waals surface area contributed by atoms with Crippen LogP contribution in [0.3, 0.4) is 0 Å². The molecule has 6 nitrogen and oxygen atoms in total. The van der Waals surface area contributed by atoms with Gasteiger partial charge in [0.2, 0.25) is 0 Å². The molecular formula is C20H25N3O3. The molecule has 0 aromatic heterocycles. The maximum absolute atomic E-state index is 10.8. The number of benzene rings is 2. The molecular weight excluding hydrogens is 330 g/mol. The molecule has 0 spiro atoms. The summed E-state index contributed by atoms with van der Waals surface area (Å²) in [5.74, 6) is 0.908. The average molecular weight is 355 g/mol. The molecule has 0 aliphatic rings. The van der Waals surface area contributed by atoms with Crippen LogP contribution in [-0.2, 0) is 6.42 Å². The Morgan fingerprint density at radius 2 is 1.88 bits per heavy atom. The summed E-state index contributed by atoms with van der Waals surface area (Å²) in [6, 6.07) is 10.4. The Labute approximate surface area is 154 Å². The van der Waals surface area contributed by atoms with Crippen molar-refractivity contribution in [3.05, 3.63) is 57.6 Å². The van der Waals surface area contributed by atoms with Gasteiger partial charge in [0.05, 0.1) is 22.9 Å². The fourth-order valence-electron chi connectivity index (χ4n) is 2.54. The third kappa shape index (κ3) is 5.37. The molecule has 138 valence electrons. The maximum atomic E-state index is 10.8. The zero-order chi connectivity index (χ0) is 18.9. The highest BCUT2D eigenvalue weighted by Gasteiger charge is 2.08. The minimum atomic E-state index is -0.414. The number of hydrogen-bond acceptors (Lipinski definition) is 5. The van der Waals surface area contributed by atoms with E-state index in [1.165, 1.54) is 12.1 Å². The van der Waals surface area contributed by atoms with Gasteiger partial charge in [-0.15, -0.1) is 0 Å². The van der Waals surface area contributed by atoms with Crippen LogP contribution in [0.15, 0.2) is 46.6 Å². The van der Waals surface area contributed by atoms with Crippen LogP contribution < -0.4 is 4.74 Å². The van der Waals surface area contributed by atoms with Crippen LogP contribution in [0.4, 0.5) is 17.1 Å². The van der Waals surface area contributed by atoms with Crippen LogP contribution in [0.5, 0.6) is 5.75 Å². The first-order valence-corrected chi connectivity index (χ1v) is 8.97. The molecule has 0 saturated carbocycles. The number of non-ortho nitro benzene ring substituents is 1. The van der Waals surface area contributed by atoms with E-state index in [-0.39, 0.29) is 5.69 Å². The van der Waals surface area contributed by atoms with Gasteiger partial charge >= 0.3 is 0 Å². The van der Waals surface area contributed by atoms with E-state index in [2.05, 4.69) is 24.1 Å². The van der Waals surface area contributed by atoms with E-state index in [1.807, 2.05) is 18.2 Å². The van der Waals surface area contributed by atoms with Crippen molar-refractivity contribution in [1.29, 1.82) is 0 Å². The second kappa shape index (κ2) is 9.65. The lowest BCUT2D eigenvalue weighted by molar-refractivity contribution is -0.384. The fraction of sp³-hybridized carbons (Fsp3) is 0.400. The number of hydrogen-bond donors (Lipinski definition) is 0. The molecule has 0 heterocycles. The van der Waals surface area contributed by atoms with Crippen LogP contribution >= 0.6 is 0 Å². The Balaban J connectivity index is 2.19. The first-order valence-electron chi connectivity index (χ1n) is 8.97. The Kier molecular flexibility index (Phi) is 7.26. The quantitative estimate of drug-likeness (QED) is 0.224. The van der Waals surface area contributed by atoms with E-state index in [0.717, 1.165) is 54.9 Å². The van der Waals surface area contributed by atoms with Gasteiger partial charge in [0.1, 0.15) is 5.75 Å². The third-order valence-electron chi connectivity index (χ3n) is 3.98. The van der Waals surface area contributed by atoms with Gasteiger partial charge in [0, 0.05) is 12.1 Å². The molecule has 2 aromatic carbocycles. The first kappa shape index (κ1) is 19.6. The smallest absolute Gasteiger partial charge is 0.269 e. The van der Waals surface area contributed by atoms with E-state index in [4.69, 9.17) is 4.74 Å². The summed E-state index contributed by atoms with van der Waals surface area (Å²) in [7, 11) is 0. The summed E-state index contributed by atoms with van der Waals surface area (Å²) in [5, 5.41) is 19.3. The lowest BCUT2D eigenvalue weighted by Crippen LogP contribution is -1.99. The minimum Gasteiger partial charge on any atom is -0.493 e. The molecule has 0 aliphatic heterocycles. The first-order chi connectivity index (χ1) is 12.5. The summed E-state index contributed by atoms with van der Waals surface area (Å²) in [4.78, 5) is 10.4. The molecule has 0 fully saturated rings. The third-order valence-corrected chi connectivity index (χ3v) is 3.98. The van der Waals surface area contributed by atoms with Crippen LogP contribution in [0, 0.1) is 17.0 Å². The lowest BCUT2D eigenvalue weighted by atomic mass is 10.1. The Hall–Kier alpha value is -2.76. The van der Waals surface area contributed by atoms with Gasteiger partial charge in [-0.3, -0.25) is 10.1 Å². The highest BCUT2D eigenvalue weighted by molar-refractivity contribution is 5.52. The summed E-state index contributed by atoms with van der Waals surface area (Å²) >= 11 is 0. The average Bonchev–Trinajstić information content (AvgIpc) is 2.62. The van der Waals surface area contributed by atoms with Crippen molar-refractivity contribution in [3.63, 3.8) is 0 Å². The van der Waals surface area contributed by atoms with Crippen molar-refractivity contribution in [3.8, 4) is 5.75 Å². The van der Waals surface area contributed by atoms with Crippen LogP contribution in [-0.4, -0.2) is 11.5 Å². The molecule has 0 saturated heterocycles. The highest BCUT2D eigenvalue weighted by Crippen LogP contribution is 2.29. The Bertz CT molecular complexity index is 788. The standard InChI is InChI=1S/C20H25N3O3/c1-4-6-12-26-20-11-8-17(14-16(20)7-5-2)21-22-19-10-9-18(23(24)25)13-15(19)3/h8-11,13-14H,4-7,12H2,1-3H3. The number of azo groups is 1. The molecule has 0 bridgehead atoms. The zero-order valence-electron chi connectivity index (χ0n) is 15.6. The number of rotatable bonds is 9. The topological polar surface area (TPSA) is 77.1 Å². The zero-order valence-corrected chi connectivity index (χ0v) is 15.6. The van der Waals surface area contributed by atoms with Gasteiger partial charge < -0.3 is 4.74 Å². The highest BCUT2D eigenvalue weighted by atomic mass is 16.6. The van der Waals surface area contributed by atoms with E-state index in [9.17, 15) is 10.1 Å². The van der Waals surface area contributed by atoms with Gasteiger partial charge in [-0.2, -0.15) is 10.2 Å². The van der Waals surface area contributed by atoms with Gasteiger partial charge in [-0.1, -0.05) is 26.7 Å². The predicted octanol–water partition coefficient (Wildman–Crippen LogP) is 6.45. The number of aryl methyl sites for hydroxylation is 2. The summed E-state index contributed by atoms with van der Waals surface area (Å²) in [6.45, 7) is 6.77. The van der Waals surface area contributed by atoms with Crippen molar-refractivity contribution in [2.24, 2.45) is 10.2 Å². The van der Waals surface area contributed by atoms with Crippen molar-refractivity contribution >= 4 is 17.1 Å². The SMILES string of the molecule is CCCCOc1ccc(N=Nc2ccc([N+](=O)[O-])cc2C)cc1CCC. The van der Waals surface area contributed by atoms with E-state index in [1.54, 1.807) is 13.0 Å². The second-order valence-corrected chi connectivity index (χ2v) is 6.17. The van der Waals surface area contributed by atoms with Crippen LogP contribution in [0.1, 0.15) is 44.2 Å². The monoisotopic (exact) mass is 355 g/mol. The number of nitro groups is 1. The normalized spacial score (nSPS) is 11.0. The van der Waals surface area contributed by atoms with Crippen molar-refractivity contribution in [2.45, 2.75) is 46.5 Å². The molecule has 2 rings (SSSR count). The molecule has 2 aromatic rings. The molecule has 6 heteroatoms. The number of nitro benzene ring substituents is 1. The van der Waals surface area contributed by atoms with Gasteiger partial charge in [0.15, 0.2) is 0 Å². The van der Waals surface area contributed by atoms with Crippen molar-refractivity contribution in [1.82, 2.24) is 0 Å². The Morgan fingerprint density at radius 1 is 1.08 bits per heavy atom. The molecule has 26 heavy (non-hydrogen) atoms. The summed E-state index contributed by atoms with van der Waals surface area (Å²) in [6.07, 6.45) is 4.07. The molecule has 0 aliphatic carbocycles. The summed E-state index contributed by atoms with van der Waals surface area (Å²) in [5.41, 5.74) is 3.27. The minimum absolute atomic E-state index is 0.0558. The molecule has 0 amide bonds. The van der Waals surface area contributed by atoms with E-state index < -0.39 is 4.92 Å². The largest absolute Gasteiger partial charge is 0.493 e. The van der Waals surface area contributed by atoms with Gasteiger partial charge in [0.25, 0.3) is 5.69 Å². The van der Waals surface area contributed by atoms with Crippen LogP contribution in [0.25, 0.3) is 0 Å². The van der Waals surface area contributed by atoms with E-state index >= 15 is 0 Å².